The van der Waals surface area contributed by atoms with Crippen LogP contribution in [-0.2, 0) is 10.0 Å². The Morgan fingerprint density at radius 3 is 2.43 bits per heavy atom. The lowest BCUT2D eigenvalue weighted by Crippen LogP contribution is -2.18. The number of halogens is 2. The molecule has 0 fully saturated rings. The van der Waals surface area contributed by atoms with Crippen LogP contribution in [0.4, 0.5) is 0 Å². The van der Waals surface area contributed by atoms with Gasteiger partial charge in [0.25, 0.3) is 10.0 Å². The lowest BCUT2D eigenvalue weighted by atomic mass is 10.2. The first kappa shape index (κ1) is 17.6. The molecule has 2 rings (SSSR count). The van der Waals surface area contributed by atoms with Gasteiger partial charge in [0.05, 0.1) is 27.8 Å². The van der Waals surface area contributed by atoms with Crippen LogP contribution in [0.1, 0.15) is 12.5 Å². The molecule has 0 aliphatic rings. The summed E-state index contributed by atoms with van der Waals surface area (Å²) >= 11 is 11.7. The average Bonchev–Trinajstić information content (AvgIpc) is 2.51. The van der Waals surface area contributed by atoms with E-state index in [1.807, 2.05) is 6.92 Å². The first-order valence-corrected chi connectivity index (χ1v) is 8.89. The van der Waals surface area contributed by atoms with E-state index in [0.717, 1.165) is 0 Å². The molecule has 0 aliphatic heterocycles. The molecule has 0 radical (unpaired) electrons. The Labute approximate surface area is 144 Å². The number of hydrogen-bond donors (Lipinski definition) is 1. The van der Waals surface area contributed by atoms with Gasteiger partial charge in [0.1, 0.15) is 5.75 Å². The molecule has 23 heavy (non-hydrogen) atoms. The molecule has 0 spiro atoms. The minimum absolute atomic E-state index is 0.0900. The van der Waals surface area contributed by atoms with E-state index in [4.69, 9.17) is 27.9 Å². The molecule has 5 nitrogen and oxygen atoms in total. The van der Waals surface area contributed by atoms with Crippen LogP contribution < -0.4 is 9.57 Å². The van der Waals surface area contributed by atoms with E-state index in [1.165, 1.54) is 18.3 Å². The number of sulfonamides is 1. The van der Waals surface area contributed by atoms with E-state index in [-0.39, 0.29) is 4.90 Å². The normalized spacial score (nSPS) is 11.6. The number of nitrogens with zero attached hydrogens (tertiary/aromatic N) is 1. The fraction of sp³-hybridized carbons (Fsp3) is 0.133. The minimum Gasteiger partial charge on any atom is -0.494 e. The van der Waals surface area contributed by atoms with Crippen molar-refractivity contribution in [3.8, 4) is 5.75 Å². The van der Waals surface area contributed by atoms with Crippen molar-refractivity contribution in [1.29, 1.82) is 0 Å². The zero-order chi connectivity index (χ0) is 16.9. The Hall–Kier alpha value is -1.76. The molecule has 0 amide bonds. The second kappa shape index (κ2) is 7.68. The van der Waals surface area contributed by atoms with E-state index in [9.17, 15) is 8.42 Å². The first-order valence-electron chi connectivity index (χ1n) is 6.65. The maximum absolute atomic E-state index is 12.1. The van der Waals surface area contributed by atoms with E-state index < -0.39 is 10.0 Å². The molecule has 0 bridgehead atoms. The summed E-state index contributed by atoms with van der Waals surface area (Å²) in [5.41, 5.74) is 0.619. The van der Waals surface area contributed by atoms with Gasteiger partial charge in [-0.1, -0.05) is 29.3 Å². The predicted octanol–water partition coefficient (Wildman–Crippen LogP) is 3.70. The summed E-state index contributed by atoms with van der Waals surface area (Å²) in [4.78, 5) is 2.22. The van der Waals surface area contributed by atoms with E-state index in [1.54, 1.807) is 30.3 Å². The second-order valence-electron chi connectivity index (χ2n) is 4.43. The molecule has 8 heteroatoms. The number of hydrazone groups is 1. The third-order valence-corrected chi connectivity index (χ3v) is 4.75. The highest BCUT2D eigenvalue weighted by Gasteiger charge is 2.12. The number of ether oxygens (including phenoxy) is 1. The van der Waals surface area contributed by atoms with Gasteiger partial charge in [-0.2, -0.15) is 13.5 Å². The highest BCUT2D eigenvalue weighted by molar-refractivity contribution is 7.89. The van der Waals surface area contributed by atoms with Crippen molar-refractivity contribution in [2.24, 2.45) is 5.10 Å². The van der Waals surface area contributed by atoms with Crippen LogP contribution in [0, 0.1) is 0 Å². The minimum atomic E-state index is -3.74. The highest BCUT2D eigenvalue weighted by atomic mass is 35.5. The van der Waals surface area contributed by atoms with Crippen LogP contribution >= 0.6 is 23.2 Å². The van der Waals surface area contributed by atoms with Crippen LogP contribution in [0.25, 0.3) is 0 Å². The predicted molar refractivity (Wildman–Crippen MR) is 92.0 cm³/mol. The van der Waals surface area contributed by atoms with Gasteiger partial charge in [-0.05, 0) is 48.9 Å². The fourth-order valence-corrected chi connectivity index (χ4v) is 2.80. The van der Waals surface area contributed by atoms with Crippen molar-refractivity contribution in [1.82, 2.24) is 4.83 Å². The van der Waals surface area contributed by atoms with Gasteiger partial charge >= 0.3 is 0 Å². The summed E-state index contributed by atoms with van der Waals surface area (Å²) in [6, 6.07) is 10.9. The molecular formula is C15H14Cl2N2O3S. The summed E-state index contributed by atoms with van der Waals surface area (Å²) < 4.78 is 29.5. The molecule has 0 aliphatic carbocycles. The topological polar surface area (TPSA) is 67.8 Å². The van der Waals surface area contributed by atoms with Gasteiger partial charge in [0.15, 0.2) is 0 Å². The van der Waals surface area contributed by atoms with Crippen molar-refractivity contribution in [2.45, 2.75) is 11.8 Å². The van der Waals surface area contributed by atoms with Crippen molar-refractivity contribution >= 4 is 39.4 Å². The number of rotatable bonds is 6. The van der Waals surface area contributed by atoms with Crippen LogP contribution in [0.15, 0.2) is 52.5 Å². The quantitative estimate of drug-likeness (QED) is 0.620. The summed E-state index contributed by atoms with van der Waals surface area (Å²) in [5.74, 6) is 0.603. The van der Waals surface area contributed by atoms with Gasteiger partial charge in [-0.15, -0.1) is 0 Å². The zero-order valence-electron chi connectivity index (χ0n) is 12.2. The number of hydrogen-bond acceptors (Lipinski definition) is 4. The van der Waals surface area contributed by atoms with Crippen molar-refractivity contribution in [3.05, 3.63) is 58.1 Å². The highest BCUT2D eigenvalue weighted by Crippen LogP contribution is 2.21. The molecule has 0 saturated carbocycles. The summed E-state index contributed by atoms with van der Waals surface area (Å²) in [6.07, 6.45) is 1.34. The maximum atomic E-state index is 12.1. The van der Waals surface area contributed by atoms with Crippen molar-refractivity contribution in [2.75, 3.05) is 6.61 Å². The number of benzene rings is 2. The SMILES string of the molecule is CCOc1ccc(S(=O)(=O)N/N=C\c2ccc(Cl)c(Cl)c2)cc1. The molecular weight excluding hydrogens is 359 g/mol. The van der Waals surface area contributed by atoms with Crippen molar-refractivity contribution < 1.29 is 13.2 Å². The van der Waals surface area contributed by atoms with Crippen LogP contribution in [0.2, 0.25) is 10.0 Å². The molecule has 0 saturated heterocycles. The second-order valence-corrected chi connectivity index (χ2v) is 6.91. The largest absolute Gasteiger partial charge is 0.494 e. The Kier molecular flexibility index (Phi) is 5.87. The van der Waals surface area contributed by atoms with Crippen LogP contribution in [0.5, 0.6) is 5.75 Å². The Balaban J connectivity index is 2.08. The molecule has 0 aromatic heterocycles. The lowest BCUT2D eigenvalue weighted by Gasteiger charge is -2.05. The zero-order valence-corrected chi connectivity index (χ0v) is 14.5. The monoisotopic (exact) mass is 372 g/mol. The van der Waals surface area contributed by atoms with Gasteiger partial charge in [-0.25, -0.2) is 4.83 Å². The van der Waals surface area contributed by atoms with Crippen LogP contribution in [-0.4, -0.2) is 21.2 Å². The third kappa shape index (κ3) is 4.86. The Morgan fingerprint density at radius 2 is 1.83 bits per heavy atom. The molecule has 2 aromatic carbocycles. The summed E-state index contributed by atoms with van der Waals surface area (Å²) in [6.45, 7) is 2.36. The summed E-state index contributed by atoms with van der Waals surface area (Å²) in [7, 11) is -3.74. The smallest absolute Gasteiger partial charge is 0.276 e. The Bertz CT molecular complexity index is 806. The molecule has 1 N–H and O–H groups in total. The van der Waals surface area contributed by atoms with Gasteiger partial charge in [-0.3, -0.25) is 0 Å². The van der Waals surface area contributed by atoms with Gasteiger partial charge in [0, 0.05) is 0 Å². The van der Waals surface area contributed by atoms with E-state index in [2.05, 4.69) is 9.93 Å². The average molecular weight is 373 g/mol. The molecule has 0 heterocycles. The lowest BCUT2D eigenvalue weighted by molar-refractivity contribution is 0.340. The molecule has 0 unspecified atom stereocenters. The maximum Gasteiger partial charge on any atom is 0.276 e. The van der Waals surface area contributed by atoms with E-state index >= 15 is 0 Å². The first-order chi connectivity index (χ1) is 10.9. The van der Waals surface area contributed by atoms with Crippen molar-refractivity contribution in [3.63, 3.8) is 0 Å². The standard InChI is InChI=1S/C15H14Cl2N2O3S/c1-2-22-12-4-6-13(7-5-12)23(20,21)19-18-10-11-3-8-14(16)15(17)9-11/h3-10,19H,2H2,1H3/b18-10-. The molecule has 122 valence electrons. The Morgan fingerprint density at radius 1 is 1.13 bits per heavy atom. The molecule has 0 atom stereocenters. The number of nitrogens with one attached hydrogen (secondary N) is 1. The van der Waals surface area contributed by atoms with Gasteiger partial charge in [0.2, 0.25) is 0 Å². The summed E-state index contributed by atoms with van der Waals surface area (Å²) in [5, 5.41) is 4.50. The third-order valence-electron chi connectivity index (χ3n) is 2.78. The van der Waals surface area contributed by atoms with E-state index in [0.29, 0.717) is 28.0 Å². The molecule has 2 aromatic rings. The fourth-order valence-electron chi connectivity index (χ4n) is 1.70. The van der Waals surface area contributed by atoms with Crippen LogP contribution in [0.3, 0.4) is 0 Å². The van der Waals surface area contributed by atoms with Gasteiger partial charge < -0.3 is 4.74 Å².